The summed E-state index contributed by atoms with van der Waals surface area (Å²) in [7, 11) is 0. The predicted molar refractivity (Wildman–Crippen MR) is 52.4 cm³/mol. The minimum atomic E-state index is -0.514. The summed E-state index contributed by atoms with van der Waals surface area (Å²) in [6.07, 6.45) is 6.56. The van der Waals surface area contributed by atoms with Gasteiger partial charge in [0, 0.05) is 12.5 Å². The Labute approximate surface area is 80.1 Å². The minimum Gasteiger partial charge on any atom is -0.316 e. The number of alkyl halides is 1. The van der Waals surface area contributed by atoms with Crippen LogP contribution in [-0.2, 0) is 0 Å². The molecule has 2 rings (SSSR count). The Balaban J connectivity index is 1.82. The van der Waals surface area contributed by atoms with E-state index in [0.717, 1.165) is 32.4 Å². The Hall–Kier alpha value is -0.110. The van der Waals surface area contributed by atoms with Crippen LogP contribution in [0.4, 0.5) is 4.39 Å². The van der Waals surface area contributed by atoms with E-state index in [1.54, 1.807) is 0 Å². The van der Waals surface area contributed by atoms with Crippen molar-refractivity contribution in [2.45, 2.75) is 44.7 Å². The van der Waals surface area contributed by atoms with Gasteiger partial charge in [-0.25, -0.2) is 4.39 Å². The number of nitrogens with one attached hydrogen (secondary N) is 1. The van der Waals surface area contributed by atoms with Crippen molar-refractivity contribution in [1.82, 2.24) is 5.32 Å². The largest absolute Gasteiger partial charge is 0.316 e. The average molecular weight is 185 g/mol. The first-order chi connectivity index (χ1) is 6.38. The topological polar surface area (TPSA) is 12.0 Å². The molecule has 2 aliphatic rings. The molecule has 0 aromatic carbocycles. The maximum absolute atomic E-state index is 13.9. The molecule has 1 nitrogen and oxygen atoms in total. The van der Waals surface area contributed by atoms with Crippen LogP contribution in [-0.4, -0.2) is 19.3 Å². The molecule has 1 aliphatic carbocycles. The lowest BCUT2D eigenvalue weighted by Crippen LogP contribution is -2.35. The summed E-state index contributed by atoms with van der Waals surface area (Å²) >= 11 is 0. The molecule has 2 heteroatoms. The highest BCUT2D eigenvalue weighted by Crippen LogP contribution is 2.36. The van der Waals surface area contributed by atoms with Crippen molar-refractivity contribution in [3.8, 4) is 0 Å². The monoisotopic (exact) mass is 185 g/mol. The molecule has 0 spiro atoms. The zero-order valence-electron chi connectivity index (χ0n) is 8.27. The summed E-state index contributed by atoms with van der Waals surface area (Å²) in [5.41, 5.74) is 0. The van der Waals surface area contributed by atoms with E-state index in [-0.39, 0.29) is 0 Å². The summed E-state index contributed by atoms with van der Waals surface area (Å²) < 4.78 is 13.9. The van der Waals surface area contributed by atoms with Crippen LogP contribution in [0.1, 0.15) is 38.5 Å². The molecule has 1 saturated heterocycles. The van der Waals surface area contributed by atoms with Gasteiger partial charge in [0.15, 0.2) is 0 Å². The number of halogens is 1. The third-order valence-electron chi connectivity index (χ3n) is 3.64. The summed E-state index contributed by atoms with van der Waals surface area (Å²) in [5, 5.41) is 3.34. The van der Waals surface area contributed by atoms with Crippen molar-refractivity contribution in [1.29, 1.82) is 0 Å². The zero-order valence-corrected chi connectivity index (χ0v) is 8.27. The third kappa shape index (κ3) is 2.22. The van der Waals surface area contributed by atoms with E-state index in [4.69, 9.17) is 0 Å². The number of hydrogen-bond acceptors (Lipinski definition) is 1. The smallest absolute Gasteiger partial charge is 0.107 e. The van der Waals surface area contributed by atoms with Crippen LogP contribution in [0.2, 0.25) is 0 Å². The van der Waals surface area contributed by atoms with Crippen LogP contribution in [0.5, 0.6) is 0 Å². The Kier molecular flexibility index (Phi) is 3.20. The van der Waals surface area contributed by atoms with Crippen LogP contribution >= 0.6 is 0 Å². The standard InChI is InChI=1S/C11H20FN/c12-11(9-5-3-6-9)10-4-1-2-7-13-8-10/h9-11,13H,1-8H2. The van der Waals surface area contributed by atoms with Gasteiger partial charge in [0.05, 0.1) is 0 Å². The first-order valence-electron chi connectivity index (χ1n) is 5.72. The van der Waals surface area contributed by atoms with Crippen molar-refractivity contribution < 1.29 is 4.39 Å². The van der Waals surface area contributed by atoms with Gasteiger partial charge in [-0.3, -0.25) is 0 Å². The maximum Gasteiger partial charge on any atom is 0.107 e. The molecule has 1 heterocycles. The number of rotatable bonds is 2. The highest BCUT2D eigenvalue weighted by Gasteiger charge is 2.33. The molecule has 1 N–H and O–H groups in total. The second-order valence-corrected chi connectivity index (χ2v) is 4.60. The summed E-state index contributed by atoms with van der Waals surface area (Å²) in [4.78, 5) is 0. The van der Waals surface area contributed by atoms with Crippen molar-refractivity contribution in [2.75, 3.05) is 13.1 Å². The number of hydrogen-bond donors (Lipinski definition) is 1. The normalized spacial score (nSPS) is 33.5. The quantitative estimate of drug-likeness (QED) is 0.697. The molecule has 1 saturated carbocycles. The van der Waals surface area contributed by atoms with Crippen LogP contribution in [0.25, 0.3) is 0 Å². The van der Waals surface area contributed by atoms with Gasteiger partial charge in [-0.15, -0.1) is 0 Å². The van der Waals surface area contributed by atoms with Gasteiger partial charge in [0.1, 0.15) is 6.17 Å². The molecule has 0 bridgehead atoms. The van der Waals surface area contributed by atoms with Crippen LogP contribution in [0.3, 0.4) is 0 Å². The first-order valence-corrected chi connectivity index (χ1v) is 5.72. The maximum atomic E-state index is 13.9. The Morgan fingerprint density at radius 2 is 1.77 bits per heavy atom. The summed E-state index contributed by atoms with van der Waals surface area (Å²) in [6.45, 7) is 2.01. The lowest BCUT2D eigenvalue weighted by Gasteiger charge is -2.33. The van der Waals surface area contributed by atoms with E-state index in [1.807, 2.05) is 0 Å². The summed E-state index contributed by atoms with van der Waals surface area (Å²) in [6, 6.07) is 0. The van der Waals surface area contributed by atoms with Crippen LogP contribution < -0.4 is 5.32 Å². The van der Waals surface area contributed by atoms with Gasteiger partial charge < -0.3 is 5.32 Å². The molecule has 2 unspecified atom stereocenters. The fraction of sp³-hybridized carbons (Fsp3) is 1.00. The van der Waals surface area contributed by atoms with E-state index < -0.39 is 6.17 Å². The molecule has 1 aliphatic heterocycles. The minimum absolute atomic E-state index is 0.313. The molecule has 0 aromatic rings. The Morgan fingerprint density at radius 1 is 1.00 bits per heavy atom. The summed E-state index contributed by atoms with van der Waals surface area (Å²) in [5.74, 6) is 0.720. The molecule has 0 aromatic heterocycles. The zero-order chi connectivity index (χ0) is 9.10. The van der Waals surface area contributed by atoms with Crippen molar-refractivity contribution >= 4 is 0 Å². The first kappa shape index (κ1) is 9.45. The van der Waals surface area contributed by atoms with Crippen LogP contribution in [0.15, 0.2) is 0 Å². The van der Waals surface area contributed by atoms with E-state index in [0.29, 0.717) is 11.8 Å². The molecule has 0 amide bonds. The lowest BCUT2D eigenvalue weighted by atomic mass is 9.76. The van der Waals surface area contributed by atoms with Gasteiger partial charge in [0.2, 0.25) is 0 Å². The molecule has 2 atom stereocenters. The highest BCUT2D eigenvalue weighted by atomic mass is 19.1. The van der Waals surface area contributed by atoms with Crippen molar-refractivity contribution in [3.05, 3.63) is 0 Å². The Morgan fingerprint density at radius 3 is 2.46 bits per heavy atom. The van der Waals surface area contributed by atoms with E-state index >= 15 is 0 Å². The van der Waals surface area contributed by atoms with E-state index in [9.17, 15) is 4.39 Å². The molecular formula is C11H20FN. The molecular weight excluding hydrogens is 165 g/mol. The van der Waals surface area contributed by atoms with Gasteiger partial charge in [-0.1, -0.05) is 12.8 Å². The van der Waals surface area contributed by atoms with Crippen molar-refractivity contribution in [2.24, 2.45) is 11.8 Å². The molecule has 13 heavy (non-hydrogen) atoms. The SMILES string of the molecule is FC(C1CCC1)C1CCCCNC1. The van der Waals surface area contributed by atoms with Crippen molar-refractivity contribution in [3.63, 3.8) is 0 Å². The fourth-order valence-electron chi connectivity index (χ4n) is 2.46. The van der Waals surface area contributed by atoms with E-state index in [2.05, 4.69) is 5.32 Å². The second-order valence-electron chi connectivity index (χ2n) is 4.60. The highest BCUT2D eigenvalue weighted by molar-refractivity contribution is 4.84. The predicted octanol–water partition coefficient (Wildman–Crippen LogP) is 2.51. The van der Waals surface area contributed by atoms with Gasteiger partial charge in [-0.05, 0) is 38.1 Å². The second kappa shape index (κ2) is 4.41. The van der Waals surface area contributed by atoms with Gasteiger partial charge >= 0.3 is 0 Å². The lowest BCUT2D eigenvalue weighted by molar-refractivity contribution is 0.0901. The Bertz CT molecular complexity index is 148. The van der Waals surface area contributed by atoms with Gasteiger partial charge in [0.25, 0.3) is 0 Å². The molecule has 76 valence electrons. The fourth-order valence-corrected chi connectivity index (χ4v) is 2.46. The molecule has 0 radical (unpaired) electrons. The average Bonchev–Trinajstić information content (AvgIpc) is 2.27. The van der Waals surface area contributed by atoms with E-state index in [1.165, 1.54) is 19.3 Å². The third-order valence-corrected chi connectivity index (χ3v) is 3.64. The van der Waals surface area contributed by atoms with Crippen LogP contribution in [0, 0.1) is 11.8 Å². The van der Waals surface area contributed by atoms with Gasteiger partial charge in [-0.2, -0.15) is 0 Å². The molecule has 2 fully saturated rings.